The van der Waals surface area contributed by atoms with Gasteiger partial charge in [-0.05, 0) is 39.9 Å². The topological polar surface area (TPSA) is 3.24 Å². The summed E-state index contributed by atoms with van der Waals surface area (Å²) in [4.78, 5) is 2.42. The van der Waals surface area contributed by atoms with Crippen LogP contribution in [0, 0.1) is 0 Å². The van der Waals surface area contributed by atoms with E-state index in [-0.39, 0.29) is 0 Å². The van der Waals surface area contributed by atoms with Gasteiger partial charge in [-0.3, -0.25) is 0 Å². The van der Waals surface area contributed by atoms with Crippen LogP contribution in [0.15, 0.2) is 0 Å². The maximum absolute atomic E-state index is 5.96. The molecule has 0 fully saturated rings. The number of nitrogens with zero attached hydrogens (tertiary/aromatic N) is 1. The van der Waals surface area contributed by atoms with E-state index in [2.05, 4.69) is 25.8 Å². The first-order valence-electron chi connectivity index (χ1n) is 8.49. The monoisotopic (exact) mass is 289 g/mol. The Labute approximate surface area is 127 Å². The minimum atomic E-state index is 0.315. The van der Waals surface area contributed by atoms with E-state index in [1.165, 1.54) is 70.8 Å². The lowest BCUT2D eigenvalue weighted by Crippen LogP contribution is -2.22. The smallest absolute Gasteiger partial charge is 0.0320 e. The summed E-state index contributed by atoms with van der Waals surface area (Å²) in [5, 5.41) is 0.315. The summed E-state index contributed by atoms with van der Waals surface area (Å²) in [7, 11) is 2.22. The largest absolute Gasteiger partial charge is 0.306 e. The molecule has 0 radical (unpaired) electrons. The van der Waals surface area contributed by atoms with Crippen LogP contribution in [0.3, 0.4) is 0 Å². The van der Waals surface area contributed by atoms with Gasteiger partial charge in [-0.15, -0.1) is 11.6 Å². The van der Waals surface area contributed by atoms with Crippen molar-refractivity contribution in [3.8, 4) is 0 Å². The van der Waals surface area contributed by atoms with E-state index in [9.17, 15) is 0 Å². The highest BCUT2D eigenvalue weighted by Crippen LogP contribution is 2.10. The quantitative estimate of drug-likeness (QED) is 0.286. The van der Waals surface area contributed by atoms with Gasteiger partial charge in [0.25, 0.3) is 0 Å². The van der Waals surface area contributed by atoms with Crippen LogP contribution in [-0.4, -0.2) is 30.4 Å². The Hall–Kier alpha value is 0.250. The van der Waals surface area contributed by atoms with Crippen LogP contribution < -0.4 is 0 Å². The first kappa shape index (κ1) is 19.2. The third-order valence-corrected chi connectivity index (χ3v) is 4.02. The van der Waals surface area contributed by atoms with Crippen molar-refractivity contribution in [3.63, 3.8) is 0 Å². The Balaban J connectivity index is 3.09. The van der Waals surface area contributed by atoms with Crippen LogP contribution in [0.2, 0.25) is 0 Å². The molecule has 1 nitrogen and oxygen atoms in total. The van der Waals surface area contributed by atoms with Crippen LogP contribution >= 0.6 is 11.6 Å². The van der Waals surface area contributed by atoms with Crippen molar-refractivity contribution in [3.05, 3.63) is 0 Å². The van der Waals surface area contributed by atoms with Crippen molar-refractivity contribution in [2.45, 2.75) is 89.9 Å². The fourth-order valence-electron chi connectivity index (χ4n) is 2.38. The van der Waals surface area contributed by atoms with E-state index >= 15 is 0 Å². The minimum absolute atomic E-state index is 0.315. The van der Waals surface area contributed by atoms with E-state index in [4.69, 9.17) is 11.6 Å². The van der Waals surface area contributed by atoms with Gasteiger partial charge in [0.05, 0.1) is 0 Å². The van der Waals surface area contributed by atoms with E-state index < -0.39 is 0 Å². The number of alkyl halides is 1. The fraction of sp³-hybridized carbons (Fsp3) is 1.00. The Morgan fingerprint density at radius 1 is 0.789 bits per heavy atom. The van der Waals surface area contributed by atoms with Crippen molar-refractivity contribution in [1.29, 1.82) is 0 Å². The molecule has 0 aromatic carbocycles. The van der Waals surface area contributed by atoms with Crippen molar-refractivity contribution >= 4 is 11.6 Å². The number of rotatable bonds is 14. The molecule has 0 aliphatic heterocycles. The van der Waals surface area contributed by atoms with Gasteiger partial charge in [0.1, 0.15) is 0 Å². The third-order valence-electron chi connectivity index (χ3n) is 3.80. The number of halogens is 1. The van der Waals surface area contributed by atoms with Crippen LogP contribution in [0.4, 0.5) is 0 Å². The van der Waals surface area contributed by atoms with Crippen LogP contribution in [0.5, 0.6) is 0 Å². The SMILES string of the molecule is CCCCCCCCCCCCN(C)CCC(C)Cl. The van der Waals surface area contributed by atoms with Gasteiger partial charge >= 0.3 is 0 Å². The molecule has 0 bridgehead atoms. The molecule has 19 heavy (non-hydrogen) atoms. The van der Waals surface area contributed by atoms with Crippen LogP contribution in [0.25, 0.3) is 0 Å². The zero-order chi connectivity index (χ0) is 14.3. The van der Waals surface area contributed by atoms with E-state index in [0.717, 1.165) is 13.0 Å². The molecule has 0 rings (SSSR count). The number of hydrogen-bond acceptors (Lipinski definition) is 1. The van der Waals surface area contributed by atoms with Gasteiger partial charge in [-0.1, -0.05) is 64.7 Å². The summed E-state index contributed by atoms with van der Waals surface area (Å²) in [6.45, 7) is 6.74. The molecule has 0 aliphatic carbocycles. The van der Waals surface area contributed by atoms with E-state index in [0.29, 0.717) is 5.38 Å². The molecule has 0 spiro atoms. The first-order valence-corrected chi connectivity index (χ1v) is 8.93. The van der Waals surface area contributed by atoms with E-state index in [1.54, 1.807) is 0 Å². The fourth-order valence-corrected chi connectivity index (χ4v) is 2.48. The van der Waals surface area contributed by atoms with E-state index in [1.807, 2.05) is 0 Å². The van der Waals surface area contributed by atoms with Gasteiger partial charge in [0.15, 0.2) is 0 Å². The maximum Gasteiger partial charge on any atom is 0.0320 e. The van der Waals surface area contributed by atoms with Gasteiger partial charge in [-0.2, -0.15) is 0 Å². The lowest BCUT2D eigenvalue weighted by molar-refractivity contribution is 0.319. The van der Waals surface area contributed by atoms with Gasteiger partial charge < -0.3 is 4.90 Å². The standard InChI is InChI=1S/C17H36ClN/c1-4-5-6-7-8-9-10-11-12-13-15-19(3)16-14-17(2)18/h17H,4-16H2,1-3H3. The van der Waals surface area contributed by atoms with Crippen molar-refractivity contribution in [1.82, 2.24) is 4.90 Å². The molecule has 0 amide bonds. The maximum atomic E-state index is 5.96. The molecule has 1 atom stereocenters. The Bertz CT molecular complexity index is 171. The molecule has 0 aromatic rings. The highest BCUT2D eigenvalue weighted by Gasteiger charge is 2.01. The summed E-state index contributed by atoms with van der Waals surface area (Å²) >= 11 is 5.96. The average Bonchev–Trinajstić information content (AvgIpc) is 2.38. The second-order valence-electron chi connectivity index (χ2n) is 6.05. The van der Waals surface area contributed by atoms with Crippen LogP contribution in [0.1, 0.15) is 84.5 Å². The van der Waals surface area contributed by atoms with Crippen LogP contribution in [-0.2, 0) is 0 Å². The number of unbranched alkanes of at least 4 members (excludes halogenated alkanes) is 9. The first-order chi connectivity index (χ1) is 9.16. The predicted octanol–water partition coefficient (Wildman–Crippen LogP) is 5.86. The Morgan fingerprint density at radius 2 is 1.26 bits per heavy atom. The van der Waals surface area contributed by atoms with Crippen molar-refractivity contribution in [2.75, 3.05) is 20.1 Å². The summed E-state index contributed by atoms with van der Waals surface area (Å²) in [5.74, 6) is 0. The van der Waals surface area contributed by atoms with Crippen molar-refractivity contribution in [2.24, 2.45) is 0 Å². The lowest BCUT2D eigenvalue weighted by Gasteiger charge is -2.16. The molecule has 0 aliphatic rings. The number of hydrogen-bond donors (Lipinski definition) is 0. The second kappa shape index (κ2) is 14.7. The molecule has 1 unspecified atom stereocenters. The molecule has 2 heteroatoms. The summed E-state index contributed by atoms with van der Waals surface area (Å²) in [6, 6.07) is 0. The minimum Gasteiger partial charge on any atom is -0.306 e. The average molecular weight is 290 g/mol. The molecule has 0 N–H and O–H groups in total. The van der Waals surface area contributed by atoms with Gasteiger partial charge in [0.2, 0.25) is 0 Å². The second-order valence-corrected chi connectivity index (χ2v) is 6.80. The summed E-state index contributed by atoms with van der Waals surface area (Å²) in [6.07, 6.45) is 15.3. The van der Waals surface area contributed by atoms with Gasteiger partial charge in [0, 0.05) is 5.38 Å². The molecule has 116 valence electrons. The third kappa shape index (κ3) is 16.2. The summed E-state index contributed by atoms with van der Waals surface area (Å²) in [5.41, 5.74) is 0. The normalized spacial score (nSPS) is 13.1. The molecular weight excluding hydrogens is 254 g/mol. The molecule has 0 aromatic heterocycles. The van der Waals surface area contributed by atoms with Gasteiger partial charge in [-0.25, -0.2) is 0 Å². The zero-order valence-corrected chi connectivity index (χ0v) is 14.4. The zero-order valence-electron chi connectivity index (χ0n) is 13.6. The lowest BCUT2D eigenvalue weighted by atomic mass is 10.1. The molecular formula is C17H36ClN. The predicted molar refractivity (Wildman–Crippen MR) is 89.3 cm³/mol. The Morgan fingerprint density at radius 3 is 1.74 bits per heavy atom. The molecule has 0 saturated heterocycles. The highest BCUT2D eigenvalue weighted by molar-refractivity contribution is 6.20. The highest BCUT2D eigenvalue weighted by atomic mass is 35.5. The summed E-state index contributed by atoms with van der Waals surface area (Å²) < 4.78 is 0. The molecule has 0 saturated carbocycles. The molecule has 0 heterocycles. The Kier molecular flexibility index (Phi) is 14.8. The van der Waals surface area contributed by atoms with Crippen molar-refractivity contribution < 1.29 is 0 Å².